The lowest BCUT2D eigenvalue weighted by molar-refractivity contribution is 0.0873. The maximum atomic E-state index is 12.7. The SMILES string of the molecule is Cc1cc(C)c(C(=O)NC2(CN)CCCCC2)c(C)c1. The standard InChI is InChI=1S/C17H26N2O/c1-12-9-13(2)15(14(3)10-12)16(20)19-17(11-18)7-5-4-6-8-17/h9-10H,4-8,11,18H2,1-3H3,(H,19,20). The Morgan fingerprint density at radius 2 is 1.70 bits per heavy atom. The molecule has 0 atom stereocenters. The Morgan fingerprint density at radius 3 is 2.20 bits per heavy atom. The number of aryl methyl sites for hydroxylation is 3. The molecule has 2 rings (SSSR count). The van der Waals surface area contributed by atoms with Crippen molar-refractivity contribution in [3.05, 3.63) is 34.4 Å². The van der Waals surface area contributed by atoms with E-state index in [0.717, 1.165) is 42.4 Å². The van der Waals surface area contributed by atoms with Gasteiger partial charge in [-0.25, -0.2) is 0 Å². The van der Waals surface area contributed by atoms with Crippen molar-refractivity contribution in [2.24, 2.45) is 5.73 Å². The molecule has 3 heteroatoms. The molecule has 3 N–H and O–H groups in total. The average Bonchev–Trinajstić information content (AvgIpc) is 2.38. The Kier molecular flexibility index (Phi) is 4.48. The van der Waals surface area contributed by atoms with Crippen molar-refractivity contribution in [1.29, 1.82) is 0 Å². The molecule has 1 aliphatic rings. The first-order valence-electron chi connectivity index (χ1n) is 7.58. The van der Waals surface area contributed by atoms with E-state index in [4.69, 9.17) is 5.73 Å². The van der Waals surface area contributed by atoms with Crippen LogP contribution in [0.25, 0.3) is 0 Å². The predicted octanol–water partition coefficient (Wildman–Crippen LogP) is 3.00. The molecule has 1 fully saturated rings. The van der Waals surface area contributed by atoms with Gasteiger partial charge in [0.05, 0.1) is 5.54 Å². The maximum Gasteiger partial charge on any atom is 0.252 e. The van der Waals surface area contributed by atoms with E-state index >= 15 is 0 Å². The van der Waals surface area contributed by atoms with E-state index in [-0.39, 0.29) is 11.4 Å². The van der Waals surface area contributed by atoms with Gasteiger partial charge in [0.15, 0.2) is 0 Å². The normalized spacial score (nSPS) is 17.8. The lowest BCUT2D eigenvalue weighted by Crippen LogP contribution is -2.54. The molecule has 1 aromatic carbocycles. The van der Waals surface area contributed by atoms with Crippen LogP contribution in [-0.2, 0) is 0 Å². The Hall–Kier alpha value is -1.35. The fourth-order valence-electron chi connectivity index (χ4n) is 3.45. The summed E-state index contributed by atoms with van der Waals surface area (Å²) in [5, 5.41) is 3.24. The van der Waals surface area contributed by atoms with Crippen LogP contribution in [0.3, 0.4) is 0 Å². The second-order valence-corrected chi connectivity index (χ2v) is 6.27. The number of benzene rings is 1. The fourth-order valence-corrected chi connectivity index (χ4v) is 3.45. The number of carbonyl (C=O) groups is 1. The molecule has 0 heterocycles. The number of hydrogen-bond donors (Lipinski definition) is 2. The van der Waals surface area contributed by atoms with Gasteiger partial charge in [-0.3, -0.25) is 4.79 Å². The van der Waals surface area contributed by atoms with E-state index in [2.05, 4.69) is 24.4 Å². The summed E-state index contributed by atoms with van der Waals surface area (Å²) in [6, 6.07) is 4.13. The van der Waals surface area contributed by atoms with E-state index in [9.17, 15) is 4.79 Å². The van der Waals surface area contributed by atoms with Gasteiger partial charge in [-0.05, 0) is 44.7 Å². The molecule has 0 unspecified atom stereocenters. The lowest BCUT2D eigenvalue weighted by Gasteiger charge is -2.37. The Labute approximate surface area is 121 Å². The van der Waals surface area contributed by atoms with Gasteiger partial charge < -0.3 is 11.1 Å². The van der Waals surface area contributed by atoms with Crippen LogP contribution in [0.4, 0.5) is 0 Å². The molecule has 0 spiro atoms. The summed E-state index contributed by atoms with van der Waals surface area (Å²) in [6.45, 7) is 6.60. The summed E-state index contributed by atoms with van der Waals surface area (Å²) >= 11 is 0. The van der Waals surface area contributed by atoms with Gasteiger partial charge in [0, 0.05) is 12.1 Å². The van der Waals surface area contributed by atoms with Crippen molar-refractivity contribution >= 4 is 5.91 Å². The minimum absolute atomic E-state index is 0.0346. The Balaban J connectivity index is 2.23. The summed E-state index contributed by atoms with van der Waals surface area (Å²) in [7, 11) is 0. The zero-order chi connectivity index (χ0) is 14.8. The molecule has 0 saturated heterocycles. The van der Waals surface area contributed by atoms with Crippen LogP contribution in [0.5, 0.6) is 0 Å². The van der Waals surface area contributed by atoms with Crippen LogP contribution in [-0.4, -0.2) is 18.0 Å². The Bertz CT molecular complexity index is 479. The van der Waals surface area contributed by atoms with Crippen molar-refractivity contribution in [3.63, 3.8) is 0 Å². The van der Waals surface area contributed by atoms with Crippen LogP contribution in [0.2, 0.25) is 0 Å². The number of carbonyl (C=O) groups excluding carboxylic acids is 1. The first-order chi connectivity index (χ1) is 9.47. The van der Waals surface area contributed by atoms with Crippen molar-refractivity contribution in [2.75, 3.05) is 6.54 Å². The quantitative estimate of drug-likeness (QED) is 0.890. The van der Waals surface area contributed by atoms with Crippen molar-refractivity contribution < 1.29 is 4.79 Å². The molecular weight excluding hydrogens is 248 g/mol. The number of rotatable bonds is 3. The fraction of sp³-hybridized carbons (Fsp3) is 0.588. The highest BCUT2D eigenvalue weighted by atomic mass is 16.1. The van der Waals surface area contributed by atoms with Crippen LogP contribution < -0.4 is 11.1 Å². The summed E-state index contributed by atoms with van der Waals surface area (Å²) < 4.78 is 0. The number of amides is 1. The highest BCUT2D eigenvalue weighted by molar-refractivity contribution is 5.97. The van der Waals surface area contributed by atoms with E-state index in [1.807, 2.05) is 13.8 Å². The average molecular weight is 274 g/mol. The highest BCUT2D eigenvalue weighted by Gasteiger charge is 2.32. The molecule has 1 saturated carbocycles. The van der Waals surface area contributed by atoms with Gasteiger partial charge in [0.1, 0.15) is 0 Å². The van der Waals surface area contributed by atoms with E-state index in [1.54, 1.807) is 0 Å². The lowest BCUT2D eigenvalue weighted by atomic mass is 9.81. The van der Waals surface area contributed by atoms with Gasteiger partial charge in [-0.1, -0.05) is 37.0 Å². The molecule has 3 nitrogen and oxygen atoms in total. The van der Waals surface area contributed by atoms with Gasteiger partial charge in [0.25, 0.3) is 5.91 Å². The summed E-state index contributed by atoms with van der Waals surface area (Å²) in [5.41, 5.74) is 9.85. The zero-order valence-electron chi connectivity index (χ0n) is 12.9. The molecule has 1 amide bonds. The largest absolute Gasteiger partial charge is 0.345 e. The topological polar surface area (TPSA) is 55.1 Å². The van der Waals surface area contributed by atoms with Crippen molar-refractivity contribution in [3.8, 4) is 0 Å². The molecule has 0 radical (unpaired) electrons. The Morgan fingerprint density at radius 1 is 1.15 bits per heavy atom. The molecule has 0 aliphatic heterocycles. The summed E-state index contributed by atoms with van der Waals surface area (Å²) in [6.07, 6.45) is 5.56. The third-order valence-electron chi connectivity index (χ3n) is 4.48. The first-order valence-corrected chi connectivity index (χ1v) is 7.58. The van der Waals surface area contributed by atoms with Crippen LogP contribution in [0, 0.1) is 20.8 Å². The monoisotopic (exact) mass is 274 g/mol. The van der Waals surface area contributed by atoms with Gasteiger partial charge in [0.2, 0.25) is 0 Å². The zero-order valence-corrected chi connectivity index (χ0v) is 12.9. The second-order valence-electron chi connectivity index (χ2n) is 6.27. The van der Waals surface area contributed by atoms with Gasteiger partial charge in [-0.2, -0.15) is 0 Å². The molecule has 0 aromatic heterocycles. The predicted molar refractivity (Wildman–Crippen MR) is 83.0 cm³/mol. The molecule has 20 heavy (non-hydrogen) atoms. The van der Waals surface area contributed by atoms with E-state index < -0.39 is 0 Å². The van der Waals surface area contributed by atoms with E-state index in [0.29, 0.717) is 6.54 Å². The van der Waals surface area contributed by atoms with Crippen LogP contribution >= 0.6 is 0 Å². The smallest absolute Gasteiger partial charge is 0.252 e. The maximum absolute atomic E-state index is 12.7. The number of nitrogens with two attached hydrogens (primary N) is 1. The van der Waals surface area contributed by atoms with Crippen molar-refractivity contribution in [2.45, 2.75) is 58.4 Å². The second kappa shape index (κ2) is 5.96. The third kappa shape index (κ3) is 3.04. The third-order valence-corrected chi connectivity index (χ3v) is 4.48. The molecule has 0 bridgehead atoms. The summed E-state index contributed by atoms with van der Waals surface area (Å²) in [5.74, 6) is 0.0346. The molecule has 1 aliphatic carbocycles. The molecule has 110 valence electrons. The summed E-state index contributed by atoms with van der Waals surface area (Å²) in [4.78, 5) is 12.7. The van der Waals surface area contributed by atoms with Crippen LogP contribution in [0.1, 0.15) is 59.2 Å². The highest BCUT2D eigenvalue weighted by Crippen LogP contribution is 2.28. The van der Waals surface area contributed by atoms with Gasteiger partial charge >= 0.3 is 0 Å². The first kappa shape index (κ1) is 15.0. The minimum atomic E-state index is -0.195. The van der Waals surface area contributed by atoms with Crippen LogP contribution in [0.15, 0.2) is 12.1 Å². The molecule has 1 aromatic rings. The molecular formula is C17H26N2O. The number of hydrogen-bond acceptors (Lipinski definition) is 2. The minimum Gasteiger partial charge on any atom is -0.345 e. The van der Waals surface area contributed by atoms with E-state index in [1.165, 1.54) is 12.0 Å². The number of nitrogens with one attached hydrogen (secondary N) is 1. The van der Waals surface area contributed by atoms with Gasteiger partial charge in [-0.15, -0.1) is 0 Å². The van der Waals surface area contributed by atoms with Crippen molar-refractivity contribution in [1.82, 2.24) is 5.32 Å².